The number of nitrogens with one attached hydrogen (secondary N) is 2. The molecule has 3 rings (SSSR count). The molecule has 0 bridgehead atoms. The summed E-state index contributed by atoms with van der Waals surface area (Å²) in [5.74, 6) is 2.09. The van der Waals surface area contributed by atoms with Crippen LogP contribution in [0.25, 0.3) is 0 Å². The van der Waals surface area contributed by atoms with Gasteiger partial charge in [-0.05, 0) is 25.5 Å². The standard InChI is InChI=1S/C19H31N3O2/c1-4-5-16-18-15(6-7-21-16)19(24-3)14(12-17(18)23-2)13-22-10-8-20-9-11-22/h12,16,20-21H,4-11,13H2,1-3H3. The van der Waals surface area contributed by atoms with Crippen molar-refractivity contribution in [2.45, 2.75) is 38.8 Å². The average molecular weight is 333 g/mol. The summed E-state index contributed by atoms with van der Waals surface area (Å²) in [4.78, 5) is 2.49. The second-order valence-electron chi connectivity index (χ2n) is 6.73. The maximum atomic E-state index is 5.89. The Hall–Kier alpha value is -1.30. The van der Waals surface area contributed by atoms with Crippen molar-refractivity contribution in [3.05, 3.63) is 22.8 Å². The number of hydrogen-bond donors (Lipinski definition) is 2. The van der Waals surface area contributed by atoms with E-state index in [1.54, 1.807) is 14.2 Å². The summed E-state index contributed by atoms with van der Waals surface area (Å²) < 4.78 is 11.7. The quantitative estimate of drug-likeness (QED) is 0.835. The van der Waals surface area contributed by atoms with Crippen LogP contribution in [0.1, 0.15) is 42.5 Å². The molecule has 1 saturated heterocycles. The molecule has 0 aromatic heterocycles. The molecule has 134 valence electrons. The van der Waals surface area contributed by atoms with Crippen molar-refractivity contribution in [2.75, 3.05) is 46.9 Å². The molecular weight excluding hydrogens is 302 g/mol. The first-order chi connectivity index (χ1) is 11.8. The molecule has 1 unspecified atom stereocenters. The van der Waals surface area contributed by atoms with Crippen molar-refractivity contribution < 1.29 is 9.47 Å². The van der Waals surface area contributed by atoms with Crippen molar-refractivity contribution in [1.82, 2.24) is 15.5 Å². The summed E-state index contributed by atoms with van der Waals surface area (Å²) in [5, 5.41) is 7.06. The molecule has 2 heterocycles. The molecule has 0 amide bonds. The molecular formula is C19H31N3O2. The van der Waals surface area contributed by atoms with Crippen LogP contribution in [0.5, 0.6) is 11.5 Å². The Kier molecular flexibility index (Phi) is 5.98. The lowest BCUT2D eigenvalue weighted by molar-refractivity contribution is 0.229. The summed E-state index contributed by atoms with van der Waals surface area (Å²) in [6, 6.07) is 2.57. The van der Waals surface area contributed by atoms with Crippen LogP contribution >= 0.6 is 0 Å². The first-order valence-corrected chi connectivity index (χ1v) is 9.21. The SMILES string of the molecule is CCCC1NCCc2c(OC)c(CN3CCNCC3)cc(OC)c21. The highest BCUT2D eigenvalue weighted by atomic mass is 16.5. The largest absolute Gasteiger partial charge is 0.496 e. The predicted molar refractivity (Wildman–Crippen MR) is 97.0 cm³/mol. The summed E-state index contributed by atoms with van der Waals surface area (Å²) in [5.41, 5.74) is 3.91. The van der Waals surface area contributed by atoms with E-state index >= 15 is 0 Å². The monoisotopic (exact) mass is 333 g/mol. The van der Waals surface area contributed by atoms with E-state index in [2.05, 4.69) is 28.5 Å². The molecule has 5 nitrogen and oxygen atoms in total. The molecule has 1 aromatic rings. The third kappa shape index (κ3) is 3.53. The van der Waals surface area contributed by atoms with Gasteiger partial charge in [-0.1, -0.05) is 13.3 Å². The van der Waals surface area contributed by atoms with Gasteiger partial charge in [0.2, 0.25) is 0 Å². The molecule has 1 aromatic carbocycles. The number of methoxy groups -OCH3 is 2. The van der Waals surface area contributed by atoms with Crippen LogP contribution in [0.2, 0.25) is 0 Å². The Labute approximate surface area is 145 Å². The van der Waals surface area contributed by atoms with Gasteiger partial charge in [0.05, 0.1) is 14.2 Å². The molecule has 0 aliphatic carbocycles. The van der Waals surface area contributed by atoms with E-state index in [0.717, 1.165) is 70.0 Å². The third-order valence-corrected chi connectivity index (χ3v) is 5.18. The Morgan fingerprint density at radius 1 is 1.17 bits per heavy atom. The first-order valence-electron chi connectivity index (χ1n) is 9.21. The summed E-state index contributed by atoms with van der Waals surface area (Å²) in [7, 11) is 3.59. The Morgan fingerprint density at radius 3 is 2.62 bits per heavy atom. The highest BCUT2D eigenvalue weighted by Crippen LogP contribution is 2.42. The molecule has 1 atom stereocenters. The highest BCUT2D eigenvalue weighted by molar-refractivity contribution is 5.56. The van der Waals surface area contributed by atoms with Gasteiger partial charge in [0.15, 0.2) is 0 Å². The molecule has 1 fully saturated rings. The molecule has 24 heavy (non-hydrogen) atoms. The molecule has 5 heteroatoms. The van der Waals surface area contributed by atoms with Gasteiger partial charge in [-0.25, -0.2) is 0 Å². The number of piperazine rings is 1. The lowest BCUT2D eigenvalue weighted by atomic mass is 9.88. The second kappa shape index (κ2) is 8.19. The van der Waals surface area contributed by atoms with Crippen molar-refractivity contribution >= 4 is 0 Å². The van der Waals surface area contributed by atoms with Gasteiger partial charge in [-0.2, -0.15) is 0 Å². The van der Waals surface area contributed by atoms with Gasteiger partial charge in [-0.15, -0.1) is 0 Å². The van der Waals surface area contributed by atoms with E-state index in [1.807, 2.05) is 0 Å². The van der Waals surface area contributed by atoms with E-state index in [-0.39, 0.29) is 0 Å². The normalized spacial score (nSPS) is 21.4. The van der Waals surface area contributed by atoms with Gasteiger partial charge in [-0.3, -0.25) is 4.90 Å². The number of benzene rings is 1. The summed E-state index contributed by atoms with van der Waals surface area (Å²) in [6.45, 7) is 8.47. The Bertz CT molecular complexity index is 556. The number of rotatable bonds is 6. The summed E-state index contributed by atoms with van der Waals surface area (Å²) in [6.07, 6.45) is 3.29. The van der Waals surface area contributed by atoms with Gasteiger partial charge in [0.1, 0.15) is 11.5 Å². The van der Waals surface area contributed by atoms with Crippen LogP contribution < -0.4 is 20.1 Å². The maximum Gasteiger partial charge on any atom is 0.127 e. The number of ether oxygens (including phenoxy) is 2. The maximum absolute atomic E-state index is 5.89. The van der Waals surface area contributed by atoms with Crippen LogP contribution in [0.15, 0.2) is 6.07 Å². The van der Waals surface area contributed by atoms with Gasteiger partial charge < -0.3 is 20.1 Å². The van der Waals surface area contributed by atoms with Gasteiger partial charge in [0.25, 0.3) is 0 Å². The zero-order valence-corrected chi connectivity index (χ0v) is 15.3. The zero-order valence-electron chi connectivity index (χ0n) is 15.3. The number of hydrogen-bond acceptors (Lipinski definition) is 5. The Balaban J connectivity index is 1.97. The fourth-order valence-electron chi connectivity index (χ4n) is 4.06. The van der Waals surface area contributed by atoms with E-state index in [0.29, 0.717) is 6.04 Å². The van der Waals surface area contributed by atoms with Crippen LogP contribution in [0.4, 0.5) is 0 Å². The van der Waals surface area contributed by atoms with Crippen molar-refractivity contribution in [3.8, 4) is 11.5 Å². The summed E-state index contributed by atoms with van der Waals surface area (Å²) >= 11 is 0. The van der Waals surface area contributed by atoms with E-state index < -0.39 is 0 Å². The number of nitrogens with zero attached hydrogens (tertiary/aromatic N) is 1. The van der Waals surface area contributed by atoms with Crippen LogP contribution in [-0.4, -0.2) is 51.8 Å². The predicted octanol–water partition coefficient (Wildman–Crippen LogP) is 2.10. The fraction of sp³-hybridized carbons (Fsp3) is 0.684. The van der Waals surface area contributed by atoms with Crippen molar-refractivity contribution in [1.29, 1.82) is 0 Å². The number of fused-ring (bicyclic) bond motifs is 1. The van der Waals surface area contributed by atoms with Crippen LogP contribution in [-0.2, 0) is 13.0 Å². The molecule has 0 saturated carbocycles. The average Bonchev–Trinajstić information content (AvgIpc) is 2.62. The lowest BCUT2D eigenvalue weighted by Gasteiger charge is -2.33. The minimum atomic E-state index is 0.371. The third-order valence-electron chi connectivity index (χ3n) is 5.18. The molecule has 2 aliphatic heterocycles. The van der Waals surface area contributed by atoms with E-state index in [1.165, 1.54) is 16.7 Å². The molecule has 2 aliphatic rings. The first kappa shape index (κ1) is 17.5. The fourth-order valence-corrected chi connectivity index (χ4v) is 4.06. The molecule has 2 N–H and O–H groups in total. The van der Waals surface area contributed by atoms with Crippen LogP contribution in [0.3, 0.4) is 0 Å². The smallest absolute Gasteiger partial charge is 0.127 e. The van der Waals surface area contributed by atoms with Crippen molar-refractivity contribution in [3.63, 3.8) is 0 Å². The van der Waals surface area contributed by atoms with Gasteiger partial charge >= 0.3 is 0 Å². The van der Waals surface area contributed by atoms with E-state index in [9.17, 15) is 0 Å². The zero-order chi connectivity index (χ0) is 16.9. The van der Waals surface area contributed by atoms with Gasteiger partial charge in [0, 0.05) is 55.5 Å². The minimum Gasteiger partial charge on any atom is -0.496 e. The molecule has 0 spiro atoms. The molecule has 0 radical (unpaired) electrons. The Morgan fingerprint density at radius 2 is 1.96 bits per heavy atom. The van der Waals surface area contributed by atoms with Crippen LogP contribution in [0, 0.1) is 0 Å². The topological polar surface area (TPSA) is 45.8 Å². The minimum absolute atomic E-state index is 0.371. The lowest BCUT2D eigenvalue weighted by Crippen LogP contribution is -2.43. The van der Waals surface area contributed by atoms with Crippen molar-refractivity contribution in [2.24, 2.45) is 0 Å². The highest BCUT2D eigenvalue weighted by Gasteiger charge is 2.28. The second-order valence-corrected chi connectivity index (χ2v) is 6.73. The van der Waals surface area contributed by atoms with E-state index in [4.69, 9.17) is 9.47 Å².